The van der Waals surface area contributed by atoms with Gasteiger partial charge in [0.05, 0.1) is 25.2 Å². The van der Waals surface area contributed by atoms with Crippen LogP contribution in [0.25, 0.3) is 0 Å². The van der Waals surface area contributed by atoms with Crippen molar-refractivity contribution >= 4 is 5.97 Å². The van der Waals surface area contributed by atoms with Gasteiger partial charge in [0.25, 0.3) is 0 Å². The minimum Gasteiger partial charge on any atom is -0.508 e. The van der Waals surface area contributed by atoms with Gasteiger partial charge in [-0.25, -0.2) is 9.78 Å². The Labute approximate surface area is 117 Å². The first-order chi connectivity index (χ1) is 9.63. The third-order valence-electron chi connectivity index (χ3n) is 3.08. The molecular formula is C15H18N2O3. The quantitative estimate of drug-likeness (QED) is 0.851. The molecule has 20 heavy (non-hydrogen) atoms. The van der Waals surface area contributed by atoms with E-state index in [9.17, 15) is 9.90 Å². The number of carbonyl (C=O) groups excluding carboxylic acids is 1. The number of esters is 1. The Bertz CT molecular complexity index is 592. The normalized spacial score (nSPS) is 12.1. The molecule has 106 valence electrons. The monoisotopic (exact) mass is 274 g/mol. The average molecular weight is 274 g/mol. The maximum atomic E-state index is 12.0. The summed E-state index contributed by atoms with van der Waals surface area (Å²) in [5, 5.41) is 9.54. The lowest BCUT2D eigenvalue weighted by Crippen LogP contribution is -2.15. The van der Waals surface area contributed by atoms with Crippen LogP contribution in [0.4, 0.5) is 0 Å². The highest BCUT2D eigenvalue weighted by atomic mass is 16.5. The molecule has 1 unspecified atom stereocenters. The van der Waals surface area contributed by atoms with Crippen LogP contribution >= 0.6 is 0 Å². The molecule has 0 fully saturated rings. The van der Waals surface area contributed by atoms with Crippen molar-refractivity contribution in [3.8, 4) is 5.75 Å². The molecular weight excluding hydrogens is 256 g/mol. The average Bonchev–Trinajstić information content (AvgIpc) is 2.93. The smallest absolute Gasteiger partial charge is 0.356 e. The van der Waals surface area contributed by atoms with E-state index >= 15 is 0 Å². The molecule has 0 aliphatic rings. The van der Waals surface area contributed by atoms with Gasteiger partial charge in [-0.05, 0) is 31.0 Å². The van der Waals surface area contributed by atoms with Gasteiger partial charge in [0.15, 0.2) is 0 Å². The predicted octanol–water partition coefficient (Wildman–Crippen LogP) is 2.76. The zero-order valence-corrected chi connectivity index (χ0v) is 11.6. The van der Waals surface area contributed by atoms with Crippen molar-refractivity contribution in [3.63, 3.8) is 0 Å². The van der Waals surface area contributed by atoms with Crippen LogP contribution in [0.1, 0.15) is 42.4 Å². The number of aromatic nitrogens is 2. The van der Waals surface area contributed by atoms with Crippen LogP contribution in [-0.4, -0.2) is 27.2 Å². The highest BCUT2D eigenvalue weighted by molar-refractivity contribution is 5.87. The second kappa shape index (κ2) is 6.23. The fourth-order valence-corrected chi connectivity index (χ4v) is 1.99. The van der Waals surface area contributed by atoms with Crippen LogP contribution in [0, 0.1) is 0 Å². The summed E-state index contributed by atoms with van der Waals surface area (Å²) < 4.78 is 6.88. The lowest BCUT2D eigenvalue weighted by atomic mass is 10.1. The van der Waals surface area contributed by atoms with Gasteiger partial charge >= 0.3 is 5.97 Å². The van der Waals surface area contributed by atoms with E-state index in [4.69, 9.17) is 4.74 Å². The van der Waals surface area contributed by atoms with Gasteiger partial charge in [-0.15, -0.1) is 0 Å². The summed E-state index contributed by atoms with van der Waals surface area (Å²) in [7, 11) is 0. The van der Waals surface area contributed by atoms with Gasteiger partial charge < -0.3 is 14.4 Å². The number of hydrogen-bond donors (Lipinski definition) is 1. The summed E-state index contributed by atoms with van der Waals surface area (Å²) in [6, 6.07) is 6.83. The van der Waals surface area contributed by atoms with Crippen molar-refractivity contribution in [2.24, 2.45) is 0 Å². The molecule has 1 aromatic carbocycles. The van der Waals surface area contributed by atoms with Gasteiger partial charge in [-0.2, -0.15) is 0 Å². The van der Waals surface area contributed by atoms with E-state index in [1.165, 1.54) is 6.20 Å². The molecule has 1 atom stereocenters. The summed E-state index contributed by atoms with van der Waals surface area (Å²) in [5.41, 5.74) is 1.31. The van der Waals surface area contributed by atoms with E-state index in [0.29, 0.717) is 12.3 Å². The fourth-order valence-electron chi connectivity index (χ4n) is 1.99. The van der Waals surface area contributed by atoms with Crippen molar-refractivity contribution in [1.29, 1.82) is 0 Å². The van der Waals surface area contributed by atoms with E-state index in [2.05, 4.69) is 4.98 Å². The van der Waals surface area contributed by atoms with Crippen LogP contribution in [0.2, 0.25) is 0 Å². The van der Waals surface area contributed by atoms with Crippen LogP contribution < -0.4 is 0 Å². The Morgan fingerprint density at radius 2 is 2.30 bits per heavy atom. The Balaban J connectivity index is 2.25. The largest absolute Gasteiger partial charge is 0.508 e. The van der Waals surface area contributed by atoms with Gasteiger partial charge in [0.1, 0.15) is 11.4 Å². The topological polar surface area (TPSA) is 64.3 Å². The Kier molecular flexibility index (Phi) is 4.40. The van der Waals surface area contributed by atoms with E-state index in [1.54, 1.807) is 29.1 Å². The van der Waals surface area contributed by atoms with Crippen LogP contribution in [0.3, 0.4) is 0 Å². The molecule has 5 heteroatoms. The van der Waals surface area contributed by atoms with Crippen LogP contribution in [0.5, 0.6) is 5.75 Å². The van der Waals surface area contributed by atoms with Crippen molar-refractivity contribution < 1.29 is 14.6 Å². The molecule has 0 amide bonds. The lowest BCUT2D eigenvalue weighted by Gasteiger charge is -2.16. The Morgan fingerprint density at radius 1 is 1.50 bits per heavy atom. The molecule has 1 heterocycles. The second-order valence-electron chi connectivity index (χ2n) is 4.59. The van der Waals surface area contributed by atoms with Crippen molar-refractivity contribution in [3.05, 3.63) is 48.0 Å². The van der Waals surface area contributed by atoms with Gasteiger partial charge in [0, 0.05) is 0 Å². The van der Waals surface area contributed by atoms with Gasteiger partial charge in [-0.3, -0.25) is 0 Å². The molecule has 0 radical (unpaired) electrons. The zero-order valence-electron chi connectivity index (χ0n) is 11.6. The highest BCUT2D eigenvalue weighted by Gasteiger charge is 2.18. The van der Waals surface area contributed by atoms with E-state index in [0.717, 1.165) is 12.0 Å². The van der Waals surface area contributed by atoms with Gasteiger partial charge in [0.2, 0.25) is 0 Å². The number of aromatic hydroxyl groups is 1. The predicted molar refractivity (Wildman–Crippen MR) is 74.7 cm³/mol. The third kappa shape index (κ3) is 2.99. The number of rotatable bonds is 5. The lowest BCUT2D eigenvalue weighted by molar-refractivity contribution is 0.0491. The molecule has 0 saturated carbocycles. The van der Waals surface area contributed by atoms with Crippen LogP contribution in [0.15, 0.2) is 36.8 Å². The number of carbonyl (C=O) groups is 1. The van der Waals surface area contributed by atoms with Crippen molar-refractivity contribution in [2.75, 3.05) is 6.61 Å². The summed E-state index contributed by atoms with van der Waals surface area (Å²) >= 11 is 0. The number of benzene rings is 1. The minimum absolute atomic E-state index is 0.117. The first kappa shape index (κ1) is 14.1. The fraction of sp³-hybridized carbons (Fsp3) is 0.333. The molecule has 1 N–H and O–H groups in total. The number of hydrogen-bond acceptors (Lipinski definition) is 4. The molecule has 0 saturated heterocycles. The zero-order chi connectivity index (χ0) is 14.5. The number of nitrogens with zero attached hydrogens (tertiary/aromatic N) is 2. The molecule has 2 aromatic rings. The molecule has 0 bridgehead atoms. The Hall–Kier alpha value is -2.30. The van der Waals surface area contributed by atoms with E-state index in [1.807, 2.05) is 19.9 Å². The maximum absolute atomic E-state index is 12.0. The molecule has 1 aromatic heterocycles. The Morgan fingerprint density at radius 3 is 3.00 bits per heavy atom. The number of imidazole rings is 1. The molecule has 0 spiro atoms. The first-order valence-corrected chi connectivity index (χ1v) is 6.61. The number of phenols is 1. The molecule has 0 aliphatic heterocycles. The second-order valence-corrected chi connectivity index (χ2v) is 4.59. The summed E-state index contributed by atoms with van der Waals surface area (Å²) in [6.07, 6.45) is 3.87. The first-order valence-electron chi connectivity index (χ1n) is 6.61. The number of phenolic OH excluding ortho intramolecular Hbond substituents is 1. The minimum atomic E-state index is -0.378. The highest BCUT2D eigenvalue weighted by Crippen LogP contribution is 2.23. The SMILES string of the molecule is CCCOC(=O)c1cncn1C(C)c1cccc(O)c1. The maximum Gasteiger partial charge on any atom is 0.356 e. The van der Waals surface area contributed by atoms with E-state index < -0.39 is 0 Å². The summed E-state index contributed by atoms with van der Waals surface area (Å²) in [6.45, 7) is 4.28. The number of ether oxygens (including phenoxy) is 1. The van der Waals surface area contributed by atoms with Gasteiger partial charge in [-0.1, -0.05) is 19.1 Å². The summed E-state index contributed by atoms with van der Waals surface area (Å²) in [4.78, 5) is 16.0. The van der Waals surface area contributed by atoms with E-state index in [-0.39, 0.29) is 17.8 Å². The van der Waals surface area contributed by atoms with Crippen molar-refractivity contribution in [1.82, 2.24) is 9.55 Å². The standard InChI is InChI=1S/C15H18N2O3/c1-3-7-20-15(19)14-9-16-10-17(14)11(2)12-5-4-6-13(18)8-12/h4-6,8-11,18H,3,7H2,1-2H3. The third-order valence-corrected chi connectivity index (χ3v) is 3.08. The molecule has 0 aliphatic carbocycles. The molecule has 2 rings (SSSR count). The summed E-state index contributed by atoms with van der Waals surface area (Å²) in [5.74, 6) is -0.180. The van der Waals surface area contributed by atoms with Crippen molar-refractivity contribution in [2.45, 2.75) is 26.3 Å². The van der Waals surface area contributed by atoms with Crippen LogP contribution in [-0.2, 0) is 4.74 Å². The molecule has 5 nitrogen and oxygen atoms in total.